The Labute approximate surface area is 235 Å². The SMILES string of the molecule is CON(C)C(=O)c1ccc(C2(C(=O)N3C[C@H](F)C[C@@H]3C(=O)Nc3ccc4c(cnn4C(=O)O)n3)CCCCC2)cc1. The van der Waals surface area contributed by atoms with E-state index in [0.29, 0.717) is 18.4 Å². The van der Waals surface area contributed by atoms with Crippen molar-refractivity contribution in [1.29, 1.82) is 0 Å². The number of aromatic nitrogens is 3. The number of benzene rings is 1. The summed E-state index contributed by atoms with van der Waals surface area (Å²) in [4.78, 5) is 62.0. The fourth-order valence-electron chi connectivity index (χ4n) is 5.86. The molecule has 2 aliphatic rings. The van der Waals surface area contributed by atoms with Crippen LogP contribution in [0.25, 0.3) is 11.0 Å². The average molecular weight is 567 g/mol. The number of hydroxylamine groups is 2. The highest BCUT2D eigenvalue weighted by molar-refractivity contribution is 6.00. The van der Waals surface area contributed by atoms with E-state index in [1.165, 1.54) is 37.4 Å². The molecule has 216 valence electrons. The van der Waals surface area contributed by atoms with Crippen molar-refractivity contribution in [3.8, 4) is 0 Å². The molecule has 5 rings (SSSR count). The highest BCUT2D eigenvalue weighted by atomic mass is 19.1. The summed E-state index contributed by atoms with van der Waals surface area (Å²) in [7, 11) is 2.90. The van der Waals surface area contributed by atoms with Crippen LogP contribution < -0.4 is 5.32 Å². The minimum Gasteiger partial charge on any atom is -0.463 e. The van der Waals surface area contributed by atoms with Gasteiger partial charge in [-0.2, -0.15) is 9.78 Å². The molecule has 3 amide bonds. The zero-order valence-electron chi connectivity index (χ0n) is 22.7. The van der Waals surface area contributed by atoms with Crippen molar-refractivity contribution in [2.75, 3.05) is 26.0 Å². The molecule has 1 aliphatic heterocycles. The number of fused-ring (bicyclic) bond motifs is 1. The minimum atomic E-state index is -1.37. The van der Waals surface area contributed by atoms with Crippen molar-refractivity contribution >= 4 is 40.7 Å². The second-order valence-corrected chi connectivity index (χ2v) is 10.4. The molecule has 1 saturated carbocycles. The van der Waals surface area contributed by atoms with Crippen molar-refractivity contribution in [2.45, 2.75) is 56.2 Å². The number of nitrogens with zero attached hydrogens (tertiary/aromatic N) is 5. The molecule has 1 aromatic carbocycles. The van der Waals surface area contributed by atoms with Crippen LogP contribution in [0.4, 0.5) is 15.0 Å². The topological polar surface area (TPSA) is 147 Å². The van der Waals surface area contributed by atoms with E-state index in [1.54, 1.807) is 24.3 Å². The highest BCUT2D eigenvalue weighted by Gasteiger charge is 2.49. The molecule has 2 aromatic heterocycles. The molecule has 3 heterocycles. The summed E-state index contributed by atoms with van der Waals surface area (Å²) in [5.41, 5.74) is 0.684. The maximum atomic E-state index is 14.8. The second kappa shape index (κ2) is 11.2. The van der Waals surface area contributed by atoms with Gasteiger partial charge in [-0.1, -0.05) is 31.4 Å². The monoisotopic (exact) mass is 566 g/mol. The molecule has 41 heavy (non-hydrogen) atoms. The first-order valence-electron chi connectivity index (χ1n) is 13.4. The van der Waals surface area contributed by atoms with Gasteiger partial charge in [0, 0.05) is 19.0 Å². The smallest absolute Gasteiger partial charge is 0.432 e. The third-order valence-corrected chi connectivity index (χ3v) is 8.03. The fourth-order valence-corrected chi connectivity index (χ4v) is 5.86. The van der Waals surface area contributed by atoms with Crippen molar-refractivity contribution in [2.24, 2.45) is 0 Å². The highest BCUT2D eigenvalue weighted by Crippen LogP contribution is 2.43. The van der Waals surface area contributed by atoms with E-state index in [1.807, 2.05) is 0 Å². The summed E-state index contributed by atoms with van der Waals surface area (Å²) in [6.45, 7) is -0.203. The van der Waals surface area contributed by atoms with Crippen LogP contribution in [-0.4, -0.2) is 86.6 Å². The molecule has 12 nitrogen and oxygen atoms in total. The number of anilines is 1. The first-order chi connectivity index (χ1) is 19.6. The average Bonchev–Trinajstić information content (AvgIpc) is 3.59. The van der Waals surface area contributed by atoms with Crippen LogP contribution in [0.2, 0.25) is 0 Å². The van der Waals surface area contributed by atoms with Gasteiger partial charge >= 0.3 is 6.09 Å². The van der Waals surface area contributed by atoms with Crippen molar-refractivity contribution in [3.63, 3.8) is 0 Å². The van der Waals surface area contributed by atoms with Gasteiger partial charge in [0.05, 0.1) is 30.8 Å². The van der Waals surface area contributed by atoms with Gasteiger partial charge in [0.1, 0.15) is 23.5 Å². The molecule has 2 atom stereocenters. The van der Waals surface area contributed by atoms with Gasteiger partial charge in [-0.25, -0.2) is 19.2 Å². The predicted molar refractivity (Wildman–Crippen MR) is 145 cm³/mol. The number of hydrogen-bond donors (Lipinski definition) is 2. The van der Waals surface area contributed by atoms with E-state index in [2.05, 4.69) is 15.4 Å². The van der Waals surface area contributed by atoms with Gasteiger partial charge in [-0.05, 0) is 42.7 Å². The Morgan fingerprint density at radius 2 is 1.80 bits per heavy atom. The maximum Gasteiger partial charge on any atom is 0.432 e. The summed E-state index contributed by atoms with van der Waals surface area (Å²) >= 11 is 0. The molecule has 3 aromatic rings. The number of amides is 3. The van der Waals surface area contributed by atoms with Crippen LogP contribution in [0.5, 0.6) is 0 Å². The van der Waals surface area contributed by atoms with Gasteiger partial charge in [0.15, 0.2) is 0 Å². The number of alkyl halides is 1. The molecule has 2 fully saturated rings. The molecule has 0 spiro atoms. The number of carbonyl (C=O) groups is 4. The summed E-state index contributed by atoms with van der Waals surface area (Å²) in [5, 5.41) is 16.8. The van der Waals surface area contributed by atoms with Crippen molar-refractivity contribution in [1.82, 2.24) is 24.7 Å². The first-order valence-corrected chi connectivity index (χ1v) is 13.4. The standard InChI is InChI=1S/C28H31FN6O6/c1-33(41-2)25(37)17-6-8-18(9-7-17)28(12-4-3-5-13-28)26(38)34-16-19(29)14-22(34)24(36)32-23-11-10-21-20(31-23)15-30-35(21)27(39)40/h6-11,15,19,22H,3-5,12-14,16H2,1-2H3,(H,39,40)(H,31,32,36)/t19-,22-/m1/s1. The van der Waals surface area contributed by atoms with E-state index in [4.69, 9.17) is 4.84 Å². The van der Waals surface area contributed by atoms with Crippen LogP contribution in [0.1, 0.15) is 54.4 Å². The molecule has 0 radical (unpaired) electrons. The van der Waals surface area contributed by atoms with Crippen LogP contribution >= 0.6 is 0 Å². The quantitative estimate of drug-likeness (QED) is 0.432. The third kappa shape index (κ3) is 5.24. The van der Waals surface area contributed by atoms with E-state index in [-0.39, 0.29) is 41.6 Å². The lowest BCUT2D eigenvalue weighted by molar-refractivity contribution is -0.143. The molecular formula is C28H31FN6O6. The Morgan fingerprint density at radius 1 is 1.10 bits per heavy atom. The lowest BCUT2D eigenvalue weighted by Crippen LogP contribution is -2.52. The lowest BCUT2D eigenvalue weighted by Gasteiger charge is -2.40. The Balaban J connectivity index is 1.40. The van der Waals surface area contributed by atoms with Crippen LogP contribution in [0, 0.1) is 0 Å². The van der Waals surface area contributed by atoms with Gasteiger partial charge in [0.25, 0.3) is 5.91 Å². The first kappa shape index (κ1) is 28.1. The Hall–Kier alpha value is -4.39. The Bertz CT molecular complexity index is 1480. The lowest BCUT2D eigenvalue weighted by atomic mass is 9.68. The number of halogens is 1. The van der Waals surface area contributed by atoms with Crippen molar-refractivity contribution < 1.29 is 33.5 Å². The summed E-state index contributed by atoms with van der Waals surface area (Å²) in [6.07, 6.45) is 2.14. The largest absolute Gasteiger partial charge is 0.463 e. The third-order valence-electron chi connectivity index (χ3n) is 8.03. The number of pyridine rings is 1. The van der Waals surface area contributed by atoms with E-state index in [0.717, 1.165) is 34.6 Å². The molecule has 2 N–H and O–H groups in total. The van der Waals surface area contributed by atoms with Crippen LogP contribution in [0.15, 0.2) is 42.6 Å². The fraction of sp³-hybridized carbons (Fsp3) is 0.429. The number of likely N-dealkylation sites (tertiary alicyclic amines) is 1. The zero-order valence-corrected chi connectivity index (χ0v) is 22.7. The molecule has 0 unspecified atom stereocenters. The summed E-state index contributed by atoms with van der Waals surface area (Å²) < 4.78 is 15.6. The predicted octanol–water partition coefficient (Wildman–Crippen LogP) is 3.37. The summed E-state index contributed by atoms with van der Waals surface area (Å²) in [5.74, 6) is -1.08. The van der Waals surface area contributed by atoms with E-state index >= 15 is 0 Å². The number of carboxylic acid groups (broad SMARTS) is 1. The van der Waals surface area contributed by atoms with E-state index < -0.39 is 29.6 Å². The molecule has 0 bridgehead atoms. The Morgan fingerprint density at radius 3 is 2.46 bits per heavy atom. The second-order valence-electron chi connectivity index (χ2n) is 10.4. The minimum absolute atomic E-state index is 0.135. The van der Waals surface area contributed by atoms with Crippen LogP contribution in [-0.2, 0) is 19.8 Å². The number of nitrogens with one attached hydrogen (secondary N) is 1. The number of carbonyl (C=O) groups excluding carboxylic acids is 3. The van der Waals surface area contributed by atoms with Gasteiger partial charge in [0.2, 0.25) is 11.8 Å². The van der Waals surface area contributed by atoms with Gasteiger partial charge < -0.3 is 15.3 Å². The number of rotatable bonds is 6. The molecule has 13 heteroatoms. The van der Waals surface area contributed by atoms with E-state index in [9.17, 15) is 28.7 Å². The number of hydrogen-bond acceptors (Lipinski definition) is 7. The van der Waals surface area contributed by atoms with Gasteiger partial charge in [-0.15, -0.1) is 0 Å². The zero-order chi connectivity index (χ0) is 29.3. The summed E-state index contributed by atoms with van der Waals surface area (Å²) in [6, 6.07) is 8.66. The van der Waals surface area contributed by atoms with Gasteiger partial charge in [-0.3, -0.25) is 19.2 Å². The van der Waals surface area contributed by atoms with Crippen molar-refractivity contribution in [3.05, 3.63) is 53.7 Å². The molecule has 1 aliphatic carbocycles. The molecular weight excluding hydrogens is 535 g/mol. The van der Waals surface area contributed by atoms with Crippen LogP contribution in [0.3, 0.4) is 0 Å². The molecule has 1 saturated heterocycles. The normalized spacial score (nSPS) is 20.1. The Kier molecular flexibility index (Phi) is 7.72. The maximum absolute atomic E-state index is 14.8.